The van der Waals surface area contributed by atoms with Crippen LogP contribution >= 0.6 is 12.6 Å². The minimum absolute atomic E-state index is 0.237. The molecule has 0 fully saturated rings. The van der Waals surface area contributed by atoms with Crippen LogP contribution in [0.3, 0.4) is 0 Å². The minimum Gasteiger partial charge on any atom is -0.480 e. The Morgan fingerprint density at radius 1 is 1.67 bits per heavy atom. The molecule has 2 amide bonds. The third-order valence-corrected chi connectivity index (χ3v) is 1.62. The van der Waals surface area contributed by atoms with Crippen LogP contribution < -0.4 is 5.32 Å². The maximum Gasteiger partial charge on any atom is 0.323 e. The highest BCUT2D eigenvalue weighted by Gasteiger charge is 2.12. The van der Waals surface area contributed by atoms with E-state index in [-0.39, 0.29) is 11.9 Å². The van der Waals surface area contributed by atoms with Crippen LogP contribution in [-0.2, 0) is 4.79 Å². The molecule has 6 heteroatoms. The van der Waals surface area contributed by atoms with Crippen molar-refractivity contribution in [1.82, 2.24) is 10.2 Å². The Labute approximate surface area is 76.1 Å². The molecule has 0 aliphatic carbocycles. The average Bonchev–Trinajstić information content (AvgIpc) is 1.98. The van der Waals surface area contributed by atoms with Gasteiger partial charge in [-0.25, -0.2) is 4.79 Å². The molecule has 0 aliphatic rings. The van der Waals surface area contributed by atoms with E-state index >= 15 is 0 Å². The predicted molar refractivity (Wildman–Crippen MR) is 47.2 cm³/mol. The lowest BCUT2D eigenvalue weighted by atomic mass is 10.6. The van der Waals surface area contributed by atoms with E-state index in [2.05, 4.69) is 17.9 Å². The molecule has 5 nitrogen and oxygen atoms in total. The lowest BCUT2D eigenvalue weighted by Gasteiger charge is -2.20. The van der Waals surface area contributed by atoms with Crippen molar-refractivity contribution in [3.63, 3.8) is 0 Å². The van der Waals surface area contributed by atoms with E-state index in [0.717, 1.165) is 0 Å². The number of hydrogen-bond donors (Lipinski definition) is 3. The van der Waals surface area contributed by atoms with Crippen molar-refractivity contribution >= 4 is 24.6 Å². The summed E-state index contributed by atoms with van der Waals surface area (Å²) < 4.78 is 0. The fourth-order valence-electron chi connectivity index (χ4n) is 0.446. The van der Waals surface area contributed by atoms with Crippen molar-refractivity contribution in [2.45, 2.75) is 12.3 Å². The average molecular weight is 192 g/mol. The van der Waals surface area contributed by atoms with E-state index < -0.39 is 12.0 Å². The Balaban J connectivity index is 3.80. The molecule has 12 heavy (non-hydrogen) atoms. The number of hydrogen-bond acceptors (Lipinski definition) is 3. The topological polar surface area (TPSA) is 69.6 Å². The van der Waals surface area contributed by atoms with Crippen molar-refractivity contribution in [1.29, 1.82) is 0 Å². The molecular weight excluding hydrogens is 180 g/mol. The molecule has 0 spiro atoms. The van der Waals surface area contributed by atoms with E-state index in [0.29, 0.717) is 0 Å². The third-order valence-electron chi connectivity index (χ3n) is 1.27. The molecule has 0 aromatic rings. The molecule has 0 rings (SSSR count). The zero-order chi connectivity index (χ0) is 9.72. The highest BCUT2D eigenvalue weighted by atomic mass is 32.1. The summed E-state index contributed by atoms with van der Waals surface area (Å²) in [4.78, 5) is 22.3. The second-order valence-corrected chi connectivity index (χ2v) is 3.04. The highest BCUT2D eigenvalue weighted by molar-refractivity contribution is 7.80. The number of nitrogens with zero attached hydrogens (tertiary/aromatic N) is 1. The van der Waals surface area contributed by atoms with Gasteiger partial charge in [-0.3, -0.25) is 4.79 Å². The van der Waals surface area contributed by atoms with E-state index in [1.54, 1.807) is 6.92 Å². The summed E-state index contributed by atoms with van der Waals surface area (Å²) in [7, 11) is 1.54. The molecule has 0 saturated heterocycles. The van der Waals surface area contributed by atoms with E-state index in [1.807, 2.05) is 0 Å². The summed E-state index contributed by atoms with van der Waals surface area (Å²) in [5.41, 5.74) is 0. The van der Waals surface area contributed by atoms with E-state index in [4.69, 9.17) is 5.11 Å². The van der Waals surface area contributed by atoms with Gasteiger partial charge in [0.25, 0.3) is 0 Å². The maximum absolute atomic E-state index is 11.0. The van der Waals surface area contributed by atoms with Crippen LogP contribution in [0.4, 0.5) is 4.79 Å². The van der Waals surface area contributed by atoms with Crippen LogP contribution in [-0.4, -0.2) is 41.0 Å². The third kappa shape index (κ3) is 4.07. The first-order valence-electron chi connectivity index (χ1n) is 3.35. The Hall–Kier alpha value is -0.910. The summed E-state index contributed by atoms with van der Waals surface area (Å²) in [6.07, 6.45) is 0. The van der Waals surface area contributed by atoms with Crippen molar-refractivity contribution in [3.05, 3.63) is 0 Å². The predicted octanol–water partition coefficient (Wildman–Crippen LogP) is -0.0118. The summed E-state index contributed by atoms with van der Waals surface area (Å²) in [6, 6.07) is -0.445. The van der Waals surface area contributed by atoms with Crippen LogP contribution in [0.5, 0.6) is 0 Å². The monoisotopic (exact) mass is 192 g/mol. The van der Waals surface area contributed by atoms with E-state index in [9.17, 15) is 9.59 Å². The second-order valence-electron chi connectivity index (χ2n) is 2.30. The molecule has 0 heterocycles. The molecular formula is C6H12N2O3S. The molecule has 0 aromatic heterocycles. The van der Waals surface area contributed by atoms with Gasteiger partial charge in [-0.15, -0.1) is 0 Å². The van der Waals surface area contributed by atoms with Gasteiger partial charge in [0.2, 0.25) is 0 Å². The number of thiol groups is 1. The van der Waals surface area contributed by atoms with Crippen LogP contribution in [0, 0.1) is 0 Å². The van der Waals surface area contributed by atoms with Gasteiger partial charge < -0.3 is 15.3 Å². The van der Waals surface area contributed by atoms with Crippen LogP contribution in [0.15, 0.2) is 0 Å². The lowest BCUT2D eigenvalue weighted by molar-refractivity contribution is -0.135. The standard InChI is InChI=1S/C6H12N2O3S/c1-4(12)8(2)6(11)7-3-5(9)10/h4,12H,3H2,1-2H3,(H,7,11)(H,9,10). The summed E-state index contributed by atoms with van der Waals surface area (Å²) >= 11 is 3.99. The summed E-state index contributed by atoms with van der Waals surface area (Å²) in [6.45, 7) is 1.34. The molecule has 0 saturated carbocycles. The molecule has 0 aliphatic heterocycles. The van der Waals surface area contributed by atoms with Gasteiger partial charge in [0.15, 0.2) is 0 Å². The zero-order valence-corrected chi connectivity index (χ0v) is 7.84. The van der Waals surface area contributed by atoms with Crippen molar-refractivity contribution in [2.24, 2.45) is 0 Å². The Kier molecular flexibility index (Phi) is 4.50. The van der Waals surface area contributed by atoms with Gasteiger partial charge in [0.05, 0.1) is 5.37 Å². The molecule has 0 radical (unpaired) electrons. The van der Waals surface area contributed by atoms with E-state index in [1.165, 1.54) is 11.9 Å². The lowest BCUT2D eigenvalue weighted by Crippen LogP contribution is -2.42. The molecule has 70 valence electrons. The first-order valence-corrected chi connectivity index (χ1v) is 3.87. The van der Waals surface area contributed by atoms with Gasteiger partial charge >= 0.3 is 12.0 Å². The Morgan fingerprint density at radius 3 is 2.50 bits per heavy atom. The zero-order valence-electron chi connectivity index (χ0n) is 6.94. The number of carbonyl (C=O) groups excluding carboxylic acids is 1. The number of nitrogens with one attached hydrogen (secondary N) is 1. The fourth-order valence-corrected chi connectivity index (χ4v) is 0.550. The first-order chi connectivity index (χ1) is 5.45. The molecule has 1 atom stereocenters. The van der Waals surface area contributed by atoms with Crippen LogP contribution in [0.25, 0.3) is 0 Å². The highest BCUT2D eigenvalue weighted by Crippen LogP contribution is 1.98. The normalized spacial score (nSPS) is 11.9. The first kappa shape index (κ1) is 11.1. The van der Waals surface area contributed by atoms with Gasteiger partial charge in [0, 0.05) is 7.05 Å². The number of urea groups is 1. The number of rotatable bonds is 3. The molecule has 0 bridgehead atoms. The second kappa shape index (κ2) is 4.87. The smallest absolute Gasteiger partial charge is 0.323 e. The largest absolute Gasteiger partial charge is 0.480 e. The van der Waals surface area contributed by atoms with Crippen LogP contribution in [0.2, 0.25) is 0 Å². The number of carbonyl (C=O) groups is 2. The Bertz CT molecular complexity index is 184. The molecule has 1 unspecified atom stereocenters. The number of carboxylic acids is 1. The molecule has 0 aromatic carbocycles. The maximum atomic E-state index is 11.0. The quantitative estimate of drug-likeness (QED) is 0.435. The van der Waals surface area contributed by atoms with Crippen molar-refractivity contribution < 1.29 is 14.7 Å². The Morgan fingerprint density at radius 2 is 2.17 bits per heavy atom. The van der Waals surface area contributed by atoms with Crippen molar-refractivity contribution in [3.8, 4) is 0 Å². The van der Waals surface area contributed by atoms with Gasteiger partial charge in [0.1, 0.15) is 6.54 Å². The van der Waals surface area contributed by atoms with Gasteiger partial charge in [-0.05, 0) is 6.92 Å². The molecule has 2 N–H and O–H groups in total. The van der Waals surface area contributed by atoms with Crippen LogP contribution in [0.1, 0.15) is 6.92 Å². The fraction of sp³-hybridized carbons (Fsp3) is 0.667. The van der Waals surface area contributed by atoms with Gasteiger partial charge in [-0.2, -0.15) is 12.6 Å². The van der Waals surface area contributed by atoms with Crippen molar-refractivity contribution in [2.75, 3.05) is 13.6 Å². The minimum atomic E-state index is -1.07. The SMILES string of the molecule is CC(S)N(C)C(=O)NCC(=O)O. The summed E-state index contributed by atoms with van der Waals surface area (Å²) in [5, 5.41) is 10.2. The summed E-state index contributed by atoms with van der Waals surface area (Å²) in [5.74, 6) is -1.07. The number of amides is 2. The number of carboxylic acid groups (broad SMARTS) is 1. The number of aliphatic carboxylic acids is 1. The van der Waals surface area contributed by atoms with Gasteiger partial charge in [-0.1, -0.05) is 0 Å².